The maximum absolute atomic E-state index is 5.16. The topological polar surface area (TPSA) is 50.3 Å². The molecule has 1 aromatic rings. The Labute approximate surface area is 101 Å². The van der Waals surface area contributed by atoms with Crippen LogP contribution in [0.15, 0.2) is 12.3 Å². The normalized spacial score (nSPS) is 27.9. The minimum Gasteiger partial charge on any atom is -0.481 e. The molecule has 0 saturated carbocycles. The zero-order valence-corrected chi connectivity index (χ0v) is 10.1. The minimum atomic E-state index is 0.552. The Morgan fingerprint density at radius 1 is 1.47 bits per heavy atom. The van der Waals surface area contributed by atoms with Gasteiger partial charge in [-0.05, 0) is 18.8 Å². The number of hydrogen-bond donors (Lipinski definition) is 1. The summed E-state index contributed by atoms with van der Waals surface area (Å²) < 4.78 is 5.16. The standard InChI is InChI=1S/C12H18N4O/c1-17-11-4-5-14-12(15-11)16-6-2-3-9-7-13-8-10(9)16/h4-5,9-10,13H,2-3,6-8H2,1H3. The lowest BCUT2D eigenvalue weighted by Gasteiger charge is -2.36. The van der Waals surface area contributed by atoms with Gasteiger partial charge in [-0.15, -0.1) is 0 Å². The van der Waals surface area contributed by atoms with Crippen LogP contribution in [0, 0.1) is 5.92 Å². The average molecular weight is 234 g/mol. The third-order valence-corrected chi connectivity index (χ3v) is 3.76. The molecule has 1 N–H and O–H groups in total. The molecule has 2 aliphatic heterocycles. The number of piperidine rings is 1. The van der Waals surface area contributed by atoms with Gasteiger partial charge in [0, 0.05) is 37.9 Å². The summed E-state index contributed by atoms with van der Waals surface area (Å²) in [7, 11) is 1.64. The van der Waals surface area contributed by atoms with E-state index in [1.807, 2.05) is 0 Å². The van der Waals surface area contributed by atoms with Crippen molar-refractivity contribution in [1.82, 2.24) is 15.3 Å². The molecule has 0 radical (unpaired) electrons. The zero-order chi connectivity index (χ0) is 11.7. The first kappa shape index (κ1) is 10.8. The molecule has 2 fully saturated rings. The molecule has 2 aliphatic rings. The minimum absolute atomic E-state index is 0.552. The van der Waals surface area contributed by atoms with Crippen LogP contribution >= 0.6 is 0 Å². The van der Waals surface area contributed by atoms with Crippen LogP contribution in [-0.4, -0.2) is 42.8 Å². The second kappa shape index (κ2) is 4.49. The van der Waals surface area contributed by atoms with Gasteiger partial charge in [0.05, 0.1) is 7.11 Å². The van der Waals surface area contributed by atoms with Gasteiger partial charge in [-0.2, -0.15) is 4.98 Å². The highest BCUT2D eigenvalue weighted by atomic mass is 16.5. The first-order chi connectivity index (χ1) is 8.38. The van der Waals surface area contributed by atoms with Crippen LogP contribution in [-0.2, 0) is 0 Å². The van der Waals surface area contributed by atoms with Crippen molar-refractivity contribution in [3.05, 3.63) is 12.3 Å². The summed E-state index contributed by atoms with van der Waals surface area (Å²) in [5, 5.41) is 3.46. The number of nitrogens with one attached hydrogen (secondary N) is 1. The highest BCUT2D eigenvalue weighted by Crippen LogP contribution is 2.29. The van der Waals surface area contributed by atoms with Crippen LogP contribution < -0.4 is 15.0 Å². The van der Waals surface area contributed by atoms with Gasteiger partial charge < -0.3 is 15.0 Å². The SMILES string of the molecule is COc1ccnc(N2CCCC3CNCC32)n1. The van der Waals surface area contributed by atoms with E-state index in [4.69, 9.17) is 4.74 Å². The Morgan fingerprint density at radius 2 is 2.41 bits per heavy atom. The van der Waals surface area contributed by atoms with E-state index in [0.29, 0.717) is 11.9 Å². The van der Waals surface area contributed by atoms with E-state index < -0.39 is 0 Å². The van der Waals surface area contributed by atoms with E-state index >= 15 is 0 Å². The van der Waals surface area contributed by atoms with Crippen LogP contribution in [0.4, 0.5) is 5.95 Å². The molecule has 0 aromatic carbocycles. The van der Waals surface area contributed by atoms with Crippen LogP contribution in [0.1, 0.15) is 12.8 Å². The lowest BCUT2D eigenvalue weighted by atomic mass is 9.92. The Balaban J connectivity index is 1.86. The van der Waals surface area contributed by atoms with Gasteiger partial charge in [0.2, 0.25) is 11.8 Å². The monoisotopic (exact) mass is 234 g/mol. The van der Waals surface area contributed by atoms with Gasteiger partial charge in [-0.25, -0.2) is 4.98 Å². The van der Waals surface area contributed by atoms with Gasteiger partial charge in [0.15, 0.2) is 0 Å². The van der Waals surface area contributed by atoms with Crippen molar-refractivity contribution < 1.29 is 4.74 Å². The van der Waals surface area contributed by atoms with E-state index in [9.17, 15) is 0 Å². The molecule has 0 aliphatic carbocycles. The Bertz CT molecular complexity index is 398. The number of anilines is 1. The number of hydrogen-bond acceptors (Lipinski definition) is 5. The fourth-order valence-corrected chi connectivity index (χ4v) is 2.90. The van der Waals surface area contributed by atoms with Crippen molar-refractivity contribution in [2.75, 3.05) is 31.6 Å². The zero-order valence-electron chi connectivity index (χ0n) is 10.1. The molecular weight excluding hydrogens is 216 g/mol. The van der Waals surface area contributed by atoms with Crippen molar-refractivity contribution in [2.24, 2.45) is 5.92 Å². The predicted molar refractivity (Wildman–Crippen MR) is 65.3 cm³/mol. The first-order valence-corrected chi connectivity index (χ1v) is 6.23. The second-order valence-corrected chi connectivity index (χ2v) is 4.72. The first-order valence-electron chi connectivity index (χ1n) is 6.23. The number of aromatic nitrogens is 2. The molecule has 92 valence electrons. The molecule has 1 aromatic heterocycles. The quantitative estimate of drug-likeness (QED) is 0.815. The fourth-order valence-electron chi connectivity index (χ4n) is 2.90. The third-order valence-electron chi connectivity index (χ3n) is 3.76. The van der Waals surface area contributed by atoms with Crippen LogP contribution in [0.3, 0.4) is 0 Å². The molecule has 2 atom stereocenters. The smallest absolute Gasteiger partial charge is 0.228 e. The maximum atomic E-state index is 5.16. The number of methoxy groups -OCH3 is 1. The summed E-state index contributed by atoms with van der Waals surface area (Å²) in [6, 6.07) is 2.34. The van der Waals surface area contributed by atoms with Gasteiger partial charge in [-0.3, -0.25) is 0 Å². The summed E-state index contributed by atoms with van der Waals surface area (Å²) >= 11 is 0. The number of fused-ring (bicyclic) bond motifs is 1. The van der Waals surface area contributed by atoms with Gasteiger partial charge in [0.1, 0.15) is 0 Å². The summed E-state index contributed by atoms with van der Waals surface area (Å²) in [5.74, 6) is 2.20. The maximum Gasteiger partial charge on any atom is 0.228 e. The summed E-state index contributed by atoms with van der Waals surface area (Å²) in [4.78, 5) is 11.1. The molecule has 0 bridgehead atoms. The summed E-state index contributed by atoms with van der Waals surface area (Å²) in [6.45, 7) is 3.23. The molecule has 5 nitrogen and oxygen atoms in total. The number of ether oxygens (including phenoxy) is 1. The van der Waals surface area contributed by atoms with E-state index in [1.165, 1.54) is 12.8 Å². The molecule has 3 rings (SSSR count). The van der Waals surface area contributed by atoms with Gasteiger partial charge >= 0.3 is 0 Å². The van der Waals surface area contributed by atoms with E-state index in [2.05, 4.69) is 20.2 Å². The van der Waals surface area contributed by atoms with E-state index in [-0.39, 0.29) is 0 Å². The Hall–Kier alpha value is -1.36. The van der Waals surface area contributed by atoms with Crippen LogP contribution in [0.25, 0.3) is 0 Å². The largest absolute Gasteiger partial charge is 0.481 e. The molecule has 2 saturated heterocycles. The molecule has 3 heterocycles. The number of nitrogens with zero attached hydrogens (tertiary/aromatic N) is 3. The number of rotatable bonds is 2. The highest BCUT2D eigenvalue weighted by Gasteiger charge is 2.36. The van der Waals surface area contributed by atoms with E-state index in [1.54, 1.807) is 19.4 Å². The molecule has 5 heteroatoms. The third kappa shape index (κ3) is 1.95. The molecule has 0 spiro atoms. The average Bonchev–Trinajstić information content (AvgIpc) is 2.87. The van der Waals surface area contributed by atoms with Crippen molar-refractivity contribution in [1.29, 1.82) is 0 Å². The van der Waals surface area contributed by atoms with Gasteiger partial charge in [-0.1, -0.05) is 0 Å². The second-order valence-electron chi connectivity index (χ2n) is 4.72. The summed E-state index contributed by atoms with van der Waals surface area (Å²) in [5.41, 5.74) is 0. The fraction of sp³-hybridized carbons (Fsp3) is 0.667. The molecular formula is C12H18N4O. The Kier molecular flexibility index (Phi) is 2.84. The highest BCUT2D eigenvalue weighted by molar-refractivity contribution is 5.35. The predicted octanol–water partition coefficient (Wildman–Crippen LogP) is 0.673. The van der Waals surface area contributed by atoms with Crippen molar-refractivity contribution in [2.45, 2.75) is 18.9 Å². The van der Waals surface area contributed by atoms with Crippen molar-refractivity contribution in [3.8, 4) is 5.88 Å². The van der Waals surface area contributed by atoms with Crippen LogP contribution in [0.5, 0.6) is 5.88 Å². The van der Waals surface area contributed by atoms with E-state index in [0.717, 1.165) is 31.5 Å². The molecule has 0 amide bonds. The Morgan fingerprint density at radius 3 is 3.29 bits per heavy atom. The summed E-state index contributed by atoms with van der Waals surface area (Å²) in [6.07, 6.45) is 4.31. The molecule has 17 heavy (non-hydrogen) atoms. The molecule has 2 unspecified atom stereocenters. The van der Waals surface area contributed by atoms with Gasteiger partial charge in [0.25, 0.3) is 0 Å². The lowest BCUT2D eigenvalue weighted by molar-refractivity contribution is 0.373. The van der Waals surface area contributed by atoms with Crippen molar-refractivity contribution >= 4 is 5.95 Å². The van der Waals surface area contributed by atoms with Crippen LogP contribution in [0.2, 0.25) is 0 Å². The lowest BCUT2D eigenvalue weighted by Crippen LogP contribution is -2.46. The van der Waals surface area contributed by atoms with Crippen molar-refractivity contribution in [3.63, 3.8) is 0 Å².